The third-order valence-corrected chi connectivity index (χ3v) is 4.95. The minimum Gasteiger partial charge on any atom is -0.493 e. The summed E-state index contributed by atoms with van der Waals surface area (Å²) in [6, 6.07) is 11.3. The van der Waals surface area contributed by atoms with Gasteiger partial charge in [0.05, 0.1) is 26.5 Å². The highest BCUT2D eigenvalue weighted by molar-refractivity contribution is 6.25. The zero-order chi connectivity index (χ0) is 19.8. The molecule has 0 saturated carbocycles. The summed E-state index contributed by atoms with van der Waals surface area (Å²) in [5.74, 6) is 0.221. The zero-order valence-corrected chi connectivity index (χ0v) is 15.8. The fraction of sp³-hybridized carbons (Fsp3) is 0.300. The lowest BCUT2D eigenvalue weighted by atomic mass is 10.1. The molecular formula is C20H20N4O4. The Kier molecular flexibility index (Phi) is 4.46. The molecule has 8 heteroatoms. The molecule has 1 fully saturated rings. The Bertz CT molecular complexity index is 957. The third kappa shape index (κ3) is 2.87. The van der Waals surface area contributed by atoms with Crippen LogP contribution < -0.4 is 14.4 Å². The Hall–Kier alpha value is -3.42. The van der Waals surface area contributed by atoms with Crippen LogP contribution in [0.3, 0.4) is 0 Å². The Morgan fingerprint density at radius 3 is 2.36 bits per heavy atom. The van der Waals surface area contributed by atoms with Gasteiger partial charge in [0.25, 0.3) is 11.8 Å². The fourth-order valence-corrected chi connectivity index (χ4v) is 3.45. The van der Waals surface area contributed by atoms with Gasteiger partial charge in [-0.15, -0.1) is 0 Å². The monoisotopic (exact) mass is 380 g/mol. The number of hydrogen-bond donors (Lipinski definition) is 0. The fourth-order valence-electron chi connectivity index (χ4n) is 3.45. The number of methoxy groups -OCH3 is 2. The third-order valence-electron chi connectivity index (χ3n) is 4.95. The van der Waals surface area contributed by atoms with Crippen LogP contribution in [0.5, 0.6) is 11.5 Å². The summed E-state index contributed by atoms with van der Waals surface area (Å²) in [6.45, 7) is 2.42. The summed E-state index contributed by atoms with van der Waals surface area (Å²) < 4.78 is 10.5. The van der Waals surface area contributed by atoms with Crippen molar-refractivity contribution < 1.29 is 19.1 Å². The van der Waals surface area contributed by atoms with Crippen molar-refractivity contribution in [3.8, 4) is 11.5 Å². The van der Waals surface area contributed by atoms with Crippen molar-refractivity contribution in [2.24, 2.45) is 10.3 Å². The van der Waals surface area contributed by atoms with E-state index in [9.17, 15) is 9.59 Å². The van der Waals surface area contributed by atoms with E-state index < -0.39 is 18.0 Å². The van der Waals surface area contributed by atoms with Gasteiger partial charge in [0.2, 0.25) is 0 Å². The number of rotatable bonds is 5. The summed E-state index contributed by atoms with van der Waals surface area (Å²) in [6.07, 6.45) is 0. The standard InChI is InChI=1S/C20H20N4O4/c1-12-4-6-13(7-5-12)11-23-18-17(21-22-23)19(25)24(20(18)26)14-8-9-15(27-2)16(10-14)28-3/h4-10,17-18H,11H2,1-3H3/t17-,18+/m1/s1. The van der Waals surface area contributed by atoms with Crippen molar-refractivity contribution in [1.29, 1.82) is 0 Å². The minimum absolute atomic E-state index is 0.348. The van der Waals surface area contributed by atoms with Crippen molar-refractivity contribution in [3.63, 3.8) is 0 Å². The number of imide groups is 1. The number of carbonyl (C=O) groups excluding carboxylic acids is 2. The highest BCUT2D eigenvalue weighted by Crippen LogP contribution is 2.36. The van der Waals surface area contributed by atoms with E-state index in [0.717, 1.165) is 16.0 Å². The number of fused-ring (bicyclic) bond motifs is 1. The van der Waals surface area contributed by atoms with Gasteiger partial charge in [0.1, 0.15) is 0 Å². The molecule has 1 saturated heterocycles. The molecule has 144 valence electrons. The van der Waals surface area contributed by atoms with Gasteiger partial charge >= 0.3 is 0 Å². The second kappa shape index (κ2) is 6.95. The Morgan fingerprint density at radius 2 is 1.68 bits per heavy atom. The Balaban J connectivity index is 1.60. The van der Waals surface area contributed by atoms with Crippen LogP contribution in [0.2, 0.25) is 0 Å². The molecular weight excluding hydrogens is 360 g/mol. The summed E-state index contributed by atoms with van der Waals surface area (Å²) in [7, 11) is 3.03. The van der Waals surface area contributed by atoms with Crippen molar-refractivity contribution in [2.45, 2.75) is 25.6 Å². The molecule has 0 aromatic heterocycles. The van der Waals surface area contributed by atoms with Crippen molar-refractivity contribution in [1.82, 2.24) is 5.01 Å². The summed E-state index contributed by atoms with van der Waals surface area (Å²) in [5, 5.41) is 9.71. The number of ether oxygens (including phenoxy) is 2. The van der Waals surface area contributed by atoms with Crippen LogP contribution >= 0.6 is 0 Å². The molecule has 4 rings (SSSR count). The lowest BCUT2D eigenvalue weighted by molar-refractivity contribution is -0.123. The number of nitrogens with zero attached hydrogens (tertiary/aromatic N) is 4. The van der Waals surface area contributed by atoms with Gasteiger partial charge in [-0.05, 0) is 24.6 Å². The number of hydrogen-bond acceptors (Lipinski definition) is 7. The molecule has 8 nitrogen and oxygen atoms in total. The molecule has 28 heavy (non-hydrogen) atoms. The van der Waals surface area contributed by atoms with Gasteiger partial charge in [-0.3, -0.25) is 14.6 Å². The molecule has 0 radical (unpaired) electrons. The molecule has 0 spiro atoms. The largest absolute Gasteiger partial charge is 0.493 e. The van der Waals surface area contributed by atoms with E-state index in [1.165, 1.54) is 14.2 Å². The molecule has 2 aliphatic heterocycles. The van der Waals surface area contributed by atoms with E-state index in [-0.39, 0.29) is 5.91 Å². The number of anilines is 1. The van der Waals surface area contributed by atoms with Gasteiger partial charge in [-0.25, -0.2) is 4.90 Å². The van der Waals surface area contributed by atoms with Crippen molar-refractivity contribution in [2.75, 3.05) is 19.1 Å². The van der Waals surface area contributed by atoms with E-state index >= 15 is 0 Å². The zero-order valence-electron chi connectivity index (χ0n) is 15.8. The highest BCUT2D eigenvalue weighted by Gasteiger charge is 2.54. The maximum Gasteiger partial charge on any atom is 0.263 e. The van der Waals surface area contributed by atoms with E-state index in [1.54, 1.807) is 23.2 Å². The molecule has 2 aliphatic rings. The van der Waals surface area contributed by atoms with E-state index in [1.807, 2.05) is 31.2 Å². The Labute approximate surface area is 162 Å². The summed E-state index contributed by atoms with van der Waals surface area (Å²) in [5.41, 5.74) is 2.57. The number of aryl methyl sites for hydroxylation is 1. The van der Waals surface area contributed by atoms with E-state index in [4.69, 9.17) is 9.47 Å². The van der Waals surface area contributed by atoms with E-state index in [0.29, 0.717) is 23.7 Å². The maximum absolute atomic E-state index is 13.1. The first-order chi connectivity index (χ1) is 13.5. The summed E-state index contributed by atoms with van der Waals surface area (Å²) in [4.78, 5) is 27.1. The second-order valence-electron chi connectivity index (χ2n) is 6.73. The smallest absolute Gasteiger partial charge is 0.263 e. The first kappa shape index (κ1) is 18.0. The quantitative estimate of drug-likeness (QED) is 0.744. The molecule has 2 amide bonds. The molecule has 0 unspecified atom stereocenters. The number of amides is 2. The summed E-state index contributed by atoms with van der Waals surface area (Å²) >= 11 is 0. The lowest BCUT2D eigenvalue weighted by Crippen LogP contribution is -2.39. The van der Waals surface area contributed by atoms with Gasteiger partial charge < -0.3 is 9.47 Å². The predicted octanol–water partition coefficient (Wildman–Crippen LogP) is 2.51. The number of carbonyl (C=O) groups is 2. The molecule has 2 aromatic rings. The Morgan fingerprint density at radius 1 is 0.964 bits per heavy atom. The van der Waals surface area contributed by atoms with Crippen LogP contribution in [0.1, 0.15) is 11.1 Å². The van der Waals surface area contributed by atoms with Crippen LogP contribution in [0.25, 0.3) is 0 Å². The first-order valence-electron chi connectivity index (χ1n) is 8.86. The van der Waals surface area contributed by atoms with Crippen LogP contribution in [0.15, 0.2) is 52.8 Å². The molecule has 0 aliphatic carbocycles. The number of benzene rings is 2. The second-order valence-corrected chi connectivity index (χ2v) is 6.73. The topological polar surface area (TPSA) is 83.8 Å². The SMILES string of the molecule is COc1ccc(N2C(=O)[C@@H]3[C@@H](N=NN3Cc3ccc(C)cc3)C2=O)cc1OC. The predicted molar refractivity (Wildman–Crippen MR) is 101 cm³/mol. The van der Waals surface area contributed by atoms with Gasteiger partial charge in [0.15, 0.2) is 23.6 Å². The average Bonchev–Trinajstić information content (AvgIpc) is 3.23. The van der Waals surface area contributed by atoms with Crippen LogP contribution in [-0.2, 0) is 16.1 Å². The van der Waals surface area contributed by atoms with E-state index in [2.05, 4.69) is 10.3 Å². The van der Waals surface area contributed by atoms with Gasteiger partial charge in [0, 0.05) is 6.07 Å². The molecule has 0 N–H and O–H groups in total. The van der Waals surface area contributed by atoms with Crippen LogP contribution in [-0.4, -0.2) is 43.1 Å². The normalized spacial score (nSPS) is 20.7. The lowest BCUT2D eigenvalue weighted by Gasteiger charge is -2.21. The molecule has 2 heterocycles. The van der Waals surface area contributed by atoms with Crippen molar-refractivity contribution >= 4 is 17.5 Å². The molecule has 2 atom stereocenters. The highest BCUT2D eigenvalue weighted by atomic mass is 16.5. The van der Waals surface area contributed by atoms with Crippen molar-refractivity contribution in [3.05, 3.63) is 53.6 Å². The maximum atomic E-state index is 13.1. The van der Waals surface area contributed by atoms with Gasteiger partial charge in [-0.1, -0.05) is 35.1 Å². The molecule has 0 bridgehead atoms. The average molecular weight is 380 g/mol. The first-order valence-corrected chi connectivity index (χ1v) is 8.86. The van der Waals surface area contributed by atoms with Gasteiger partial charge in [-0.2, -0.15) is 5.11 Å². The minimum atomic E-state index is -0.828. The van der Waals surface area contributed by atoms with Crippen LogP contribution in [0, 0.1) is 6.92 Å². The van der Waals surface area contributed by atoms with Crippen LogP contribution in [0.4, 0.5) is 5.69 Å². The molecule has 2 aromatic carbocycles.